The van der Waals surface area contributed by atoms with E-state index in [0.29, 0.717) is 11.5 Å². The minimum absolute atomic E-state index is 0.0188. The molecule has 2 heterocycles. The first kappa shape index (κ1) is 19.5. The Bertz CT molecular complexity index is 766. The number of hydrogen-bond acceptors (Lipinski definition) is 5. The number of ether oxygens (including phenoxy) is 2. The van der Waals surface area contributed by atoms with Crippen molar-refractivity contribution in [1.82, 2.24) is 9.80 Å². The highest BCUT2D eigenvalue weighted by Crippen LogP contribution is 2.28. The third-order valence-corrected chi connectivity index (χ3v) is 5.44. The van der Waals surface area contributed by atoms with Gasteiger partial charge in [0.2, 0.25) is 0 Å². The molecule has 5 nitrogen and oxygen atoms in total. The average molecular weight is 387 g/mol. The summed E-state index contributed by atoms with van der Waals surface area (Å²) in [5, 5.41) is 2.10. The Labute approximate surface area is 164 Å². The van der Waals surface area contributed by atoms with Crippen molar-refractivity contribution in [3.8, 4) is 11.5 Å². The van der Waals surface area contributed by atoms with Crippen LogP contribution in [0.1, 0.15) is 17.4 Å². The molecule has 3 rings (SSSR count). The van der Waals surface area contributed by atoms with E-state index in [1.54, 1.807) is 18.4 Å². The van der Waals surface area contributed by atoms with Gasteiger partial charge in [0.05, 0.1) is 7.11 Å². The Kier molecular flexibility index (Phi) is 6.90. The lowest BCUT2D eigenvalue weighted by molar-refractivity contribution is -0.135. The van der Waals surface area contributed by atoms with Crippen LogP contribution in [0.2, 0.25) is 0 Å². The van der Waals surface area contributed by atoms with Gasteiger partial charge in [-0.15, -0.1) is 11.3 Å². The Balaban J connectivity index is 1.48. The number of allylic oxidation sites excluding steroid dienone is 1. The average Bonchev–Trinajstić information content (AvgIpc) is 3.20. The summed E-state index contributed by atoms with van der Waals surface area (Å²) in [4.78, 5) is 18.1. The molecular formula is C21H26N2O3S. The first-order valence-electron chi connectivity index (χ1n) is 9.15. The van der Waals surface area contributed by atoms with E-state index < -0.39 is 0 Å². The van der Waals surface area contributed by atoms with Crippen LogP contribution in [-0.4, -0.2) is 55.6 Å². The number of thiophene rings is 1. The van der Waals surface area contributed by atoms with E-state index in [9.17, 15) is 4.79 Å². The standard InChI is InChI=1S/C21H26N2O3S/c1-3-5-17-7-8-19(20(14-17)25-2)26-16-21(24)23-11-9-22(10-12-23)15-18-6-4-13-27-18/h3-8,13-14H,9-12,15-16H2,1-2H3/b5-3+. The van der Waals surface area contributed by atoms with Crippen LogP contribution in [0.5, 0.6) is 11.5 Å². The first-order chi connectivity index (χ1) is 13.2. The molecule has 0 N–H and O–H groups in total. The lowest BCUT2D eigenvalue weighted by Crippen LogP contribution is -2.49. The van der Waals surface area contributed by atoms with E-state index in [-0.39, 0.29) is 12.5 Å². The zero-order valence-corrected chi connectivity index (χ0v) is 16.7. The summed E-state index contributed by atoms with van der Waals surface area (Å²) in [5.41, 5.74) is 1.04. The number of carbonyl (C=O) groups is 1. The number of nitrogens with zero attached hydrogens (tertiary/aromatic N) is 2. The Morgan fingerprint density at radius 2 is 2.00 bits per heavy atom. The number of piperazine rings is 1. The van der Waals surface area contributed by atoms with Gasteiger partial charge in [-0.1, -0.05) is 24.3 Å². The molecule has 144 valence electrons. The summed E-state index contributed by atoms with van der Waals surface area (Å²) < 4.78 is 11.1. The smallest absolute Gasteiger partial charge is 0.260 e. The number of benzene rings is 1. The van der Waals surface area contributed by atoms with Crippen molar-refractivity contribution in [1.29, 1.82) is 0 Å². The molecule has 0 spiro atoms. The molecule has 27 heavy (non-hydrogen) atoms. The van der Waals surface area contributed by atoms with Crippen molar-refractivity contribution in [2.24, 2.45) is 0 Å². The van der Waals surface area contributed by atoms with E-state index in [2.05, 4.69) is 22.4 Å². The summed E-state index contributed by atoms with van der Waals surface area (Å²) in [7, 11) is 1.61. The normalized spacial score (nSPS) is 15.3. The minimum Gasteiger partial charge on any atom is -0.493 e. The second kappa shape index (κ2) is 9.58. The summed E-state index contributed by atoms with van der Waals surface area (Å²) in [6.45, 7) is 6.23. The predicted molar refractivity (Wildman–Crippen MR) is 109 cm³/mol. The molecule has 0 unspecified atom stereocenters. The fourth-order valence-electron chi connectivity index (χ4n) is 3.11. The van der Waals surface area contributed by atoms with Gasteiger partial charge < -0.3 is 14.4 Å². The zero-order valence-electron chi connectivity index (χ0n) is 15.9. The number of carbonyl (C=O) groups excluding carboxylic acids is 1. The molecule has 1 aromatic carbocycles. The first-order valence-corrected chi connectivity index (χ1v) is 10.0. The second-order valence-corrected chi connectivity index (χ2v) is 7.47. The highest BCUT2D eigenvalue weighted by Gasteiger charge is 2.22. The van der Waals surface area contributed by atoms with Gasteiger partial charge in [-0.3, -0.25) is 9.69 Å². The van der Waals surface area contributed by atoms with Crippen LogP contribution in [0.15, 0.2) is 41.8 Å². The topological polar surface area (TPSA) is 42.0 Å². The molecule has 1 fully saturated rings. The lowest BCUT2D eigenvalue weighted by Gasteiger charge is -2.34. The molecule has 1 aromatic heterocycles. The number of rotatable bonds is 7. The van der Waals surface area contributed by atoms with Crippen molar-refractivity contribution in [3.63, 3.8) is 0 Å². The van der Waals surface area contributed by atoms with Gasteiger partial charge in [0.25, 0.3) is 5.91 Å². The van der Waals surface area contributed by atoms with Gasteiger partial charge >= 0.3 is 0 Å². The molecule has 0 radical (unpaired) electrons. The lowest BCUT2D eigenvalue weighted by atomic mass is 10.2. The summed E-state index contributed by atoms with van der Waals surface area (Å²) in [6, 6.07) is 9.94. The molecule has 0 atom stereocenters. The van der Waals surface area contributed by atoms with Gasteiger partial charge in [-0.05, 0) is 36.1 Å². The molecule has 1 aliphatic heterocycles. The van der Waals surface area contributed by atoms with Crippen LogP contribution in [-0.2, 0) is 11.3 Å². The van der Waals surface area contributed by atoms with Gasteiger partial charge in [0, 0.05) is 37.6 Å². The van der Waals surface area contributed by atoms with Crippen LogP contribution in [0.25, 0.3) is 6.08 Å². The second-order valence-electron chi connectivity index (χ2n) is 6.44. The molecule has 6 heteroatoms. The SMILES string of the molecule is C/C=C/c1ccc(OCC(=O)N2CCN(Cc3cccs3)CC2)c(OC)c1. The van der Waals surface area contributed by atoms with Gasteiger partial charge in [0.15, 0.2) is 18.1 Å². The monoisotopic (exact) mass is 386 g/mol. The number of hydrogen-bond donors (Lipinski definition) is 0. The predicted octanol–water partition coefficient (Wildman–Crippen LogP) is 3.51. The van der Waals surface area contributed by atoms with Crippen LogP contribution < -0.4 is 9.47 Å². The molecule has 0 saturated carbocycles. The molecule has 2 aromatic rings. The molecule has 0 aliphatic carbocycles. The maximum atomic E-state index is 12.5. The zero-order chi connectivity index (χ0) is 19.1. The minimum atomic E-state index is 0.0188. The van der Waals surface area contributed by atoms with Crippen molar-refractivity contribution in [2.45, 2.75) is 13.5 Å². The highest BCUT2D eigenvalue weighted by molar-refractivity contribution is 7.09. The van der Waals surface area contributed by atoms with Crippen LogP contribution >= 0.6 is 11.3 Å². The molecule has 1 amide bonds. The van der Waals surface area contributed by atoms with Gasteiger partial charge in [0.1, 0.15) is 0 Å². The highest BCUT2D eigenvalue weighted by atomic mass is 32.1. The fraction of sp³-hybridized carbons (Fsp3) is 0.381. The third kappa shape index (κ3) is 5.34. The molecule has 0 bridgehead atoms. The Morgan fingerprint density at radius 1 is 1.19 bits per heavy atom. The molecule has 1 aliphatic rings. The van der Waals surface area contributed by atoms with Gasteiger partial charge in [-0.2, -0.15) is 0 Å². The quantitative estimate of drug-likeness (QED) is 0.730. The van der Waals surface area contributed by atoms with Crippen LogP contribution in [0, 0.1) is 0 Å². The number of methoxy groups -OCH3 is 1. The largest absolute Gasteiger partial charge is 0.493 e. The Morgan fingerprint density at radius 3 is 2.67 bits per heavy atom. The summed E-state index contributed by atoms with van der Waals surface area (Å²) >= 11 is 1.78. The van der Waals surface area contributed by atoms with Crippen molar-refractivity contribution >= 4 is 23.3 Å². The molecule has 1 saturated heterocycles. The maximum Gasteiger partial charge on any atom is 0.260 e. The maximum absolute atomic E-state index is 12.5. The summed E-state index contributed by atoms with van der Waals surface area (Å²) in [5.74, 6) is 1.25. The van der Waals surface area contributed by atoms with E-state index in [0.717, 1.165) is 38.3 Å². The third-order valence-electron chi connectivity index (χ3n) is 4.58. The number of amides is 1. The van der Waals surface area contributed by atoms with E-state index in [1.165, 1.54) is 4.88 Å². The van der Waals surface area contributed by atoms with E-state index >= 15 is 0 Å². The van der Waals surface area contributed by atoms with E-state index in [4.69, 9.17) is 9.47 Å². The van der Waals surface area contributed by atoms with Crippen molar-refractivity contribution in [2.75, 3.05) is 39.9 Å². The van der Waals surface area contributed by atoms with E-state index in [1.807, 2.05) is 42.2 Å². The Hall–Kier alpha value is -2.31. The van der Waals surface area contributed by atoms with Crippen molar-refractivity contribution in [3.05, 3.63) is 52.2 Å². The summed E-state index contributed by atoms with van der Waals surface area (Å²) in [6.07, 6.45) is 3.96. The van der Waals surface area contributed by atoms with Gasteiger partial charge in [-0.25, -0.2) is 0 Å². The molecular weight excluding hydrogens is 360 g/mol. The van der Waals surface area contributed by atoms with Crippen molar-refractivity contribution < 1.29 is 14.3 Å². The van der Waals surface area contributed by atoms with Crippen LogP contribution in [0.3, 0.4) is 0 Å². The fourth-order valence-corrected chi connectivity index (χ4v) is 3.85. The van der Waals surface area contributed by atoms with Crippen LogP contribution in [0.4, 0.5) is 0 Å².